The predicted octanol–water partition coefficient (Wildman–Crippen LogP) is 2.54. The summed E-state index contributed by atoms with van der Waals surface area (Å²) < 4.78 is 0. The van der Waals surface area contributed by atoms with Crippen LogP contribution in [0.25, 0.3) is 0 Å². The third-order valence-corrected chi connectivity index (χ3v) is 4.47. The van der Waals surface area contributed by atoms with Gasteiger partial charge in [0.1, 0.15) is 11.5 Å². The van der Waals surface area contributed by atoms with E-state index in [9.17, 15) is 4.79 Å². The van der Waals surface area contributed by atoms with Crippen molar-refractivity contribution in [2.45, 2.75) is 38.1 Å². The van der Waals surface area contributed by atoms with Crippen molar-refractivity contribution in [1.29, 1.82) is 0 Å². The molecule has 6 heteroatoms. The van der Waals surface area contributed by atoms with Gasteiger partial charge < -0.3 is 10.2 Å². The highest BCUT2D eigenvalue weighted by Gasteiger charge is 2.28. The lowest BCUT2D eigenvalue weighted by Gasteiger charge is -2.35. The molecule has 6 nitrogen and oxygen atoms in total. The highest BCUT2D eigenvalue weighted by Crippen LogP contribution is 2.23. The van der Waals surface area contributed by atoms with E-state index in [4.69, 9.17) is 0 Å². The highest BCUT2D eigenvalue weighted by molar-refractivity contribution is 5.92. The van der Waals surface area contributed by atoms with Crippen LogP contribution in [-0.4, -0.2) is 45.4 Å². The molecule has 2 aromatic rings. The van der Waals surface area contributed by atoms with Crippen LogP contribution < -0.4 is 5.32 Å². The number of hydrogen-bond donors (Lipinski definition) is 1. The van der Waals surface area contributed by atoms with Crippen LogP contribution in [-0.2, 0) is 6.42 Å². The Morgan fingerprint density at radius 2 is 2.25 bits per heavy atom. The van der Waals surface area contributed by atoms with Crippen molar-refractivity contribution in [3.63, 3.8) is 0 Å². The number of hydrogen-bond acceptors (Lipinski definition) is 5. The first-order valence-electron chi connectivity index (χ1n) is 8.48. The molecule has 1 aliphatic heterocycles. The monoisotopic (exact) mass is 325 g/mol. The number of pyridine rings is 1. The molecular formula is C18H23N5O. The highest BCUT2D eigenvalue weighted by atomic mass is 16.2. The van der Waals surface area contributed by atoms with Gasteiger partial charge in [0.05, 0.1) is 6.20 Å². The van der Waals surface area contributed by atoms with E-state index in [0.717, 1.165) is 43.7 Å². The van der Waals surface area contributed by atoms with E-state index < -0.39 is 0 Å². The minimum absolute atomic E-state index is 0.00950. The van der Waals surface area contributed by atoms with Gasteiger partial charge in [-0.25, -0.2) is 9.97 Å². The summed E-state index contributed by atoms with van der Waals surface area (Å²) in [5.41, 5.74) is 1.49. The fourth-order valence-electron chi connectivity index (χ4n) is 3.20. The minimum atomic E-state index is -0.00950. The van der Waals surface area contributed by atoms with Crippen molar-refractivity contribution in [1.82, 2.24) is 19.9 Å². The van der Waals surface area contributed by atoms with Crippen molar-refractivity contribution in [2.75, 3.05) is 18.9 Å². The number of carbonyl (C=O) groups excluding carboxylic acids is 1. The van der Waals surface area contributed by atoms with Gasteiger partial charge in [0.2, 0.25) is 0 Å². The zero-order valence-corrected chi connectivity index (χ0v) is 14.0. The van der Waals surface area contributed by atoms with E-state index in [-0.39, 0.29) is 11.9 Å². The Hall–Kier alpha value is -2.50. The smallest absolute Gasteiger partial charge is 0.274 e. The van der Waals surface area contributed by atoms with Gasteiger partial charge in [-0.15, -0.1) is 0 Å². The normalized spacial score (nSPS) is 17.5. The van der Waals surface area contributed by atoms with Crippen molar-refractivity contribution < 1.29 is 4.79 Å². The van der Waals surface area contributed by atoms with Crippen LogP contribution in [0.2, 0.25) is 0 Å². The lowest BCUT2D eigenvalue weighted by atomic mass is 9.96. The minimum Gasteiger partial charge on any atom is -0.373 e. The van der Waals surface area contributed by atoms with Crippen molar-refractivity contribution in [3.05, 3.63) is 48.2 Å². The summed E-state index contributed by atoms with van der Waals surface area (Å²) in [6.07, 6.45) is 9.75. The van der Waals surface area contributed by atoms with Gasteiger partial charge in [0.25, 0.3) is 5.91 Å². The van der Waals surface area contributed by atoms with E-state index in [1.165, 1.54) is 6.42 Å². The summed E-state index contributed by atoms with van der Waals surface area (Å²) in [5, 5.41) is 3.06. The number of nitrogens with one attached hydrogen (secondary N) is 1. The van der Waals surface area contributed by atoms with E-state index in [1.54, 1.807) is 18.6 Å². The summed E-state index contributed by atoms with van der Waals surface area (Å²) >= 11 is 0. The summed E-state index contributed by atoms with van der Waals surface area (Å²) in [6, 6.07) is 6.25. The van der Waals surface area contributed by atoms with Gasteiger partial charge >= 0.3 is 0 Å². The molecule has 0 radical (unpaired) electrons. The molecule has 0 spiro atoms. The second-order valence-corrected chi connectivity index (χ2v) is 6.04. The number of likely N-dealkylation sites (tertiary alicyclic amines) is 1. The third-order valence-electron chi connectivity index (χ3n) is 4.47. The van der Waals surface area contributed by atoms with E-state index >= 15 is 0 Å². The molecule has 3 rings (SSSR count). The number of amides is 1. The quantitative estimate of drug-likeness (QED) is 0.915. The maximum absolute atomic E-state index is 12.7. The first-order valence-corrected chi connectivity index (χ1v) is 8.48. The standard InChI is InChI=1S/C18H23N5O/c1-19-17-7-4-5-14(22-17)8-9-15-6-2-3-12-23(15)18(24)16-13-20-10-11-21-16/h4-5,7,10-11,13,15H,2-3,6,8-9,12H2,1H3,(H,19,22)/t15-/m1/s1. The Morgan fingerprint density at radius 1 is 1.33 bits per heavy atom. The molecule has 0 bridgehead atoms. The number of nitrogens with zero attached hydrogens (tertiary/aromatic N) is 4. The predicted molar refractivity (Wildman–Crippen MR) is 92.8 cm³/mol. The number of anilines is 1. The summed E-state index contributed by atoms with van der Waals surface area (Å²) in [5.74, 6) is 0.869. The van der Waals surface area contributed by atoms with Gasteiger partial charge in [0.15, 0.2) is 0 Å². The second kappa shape index (κ2) is 7.86. The first-order chi connectivity index (χ1) is 11.8. The fraction of sp³-hybridized carbons (Fsp3) is 0.444. The Kier molecular flexibility index (Phi) is 5.36. The number of carbonyl (C=O) groups is 1. The molecule has 1 amide bonds. The SMILES string of the molecule is CNc1cccc(CC[C@H]2CCCCN2C(=O)c2cnccn2)n1. The van der Waals surface area contributed by atoms with E-state index in [1.807, 2.05) is 30.1 Å². The molecular weight excluding hydrogens is 302 g/mol. The zero-order valence-electron chi connectivity index (χ0n) is 14.0. The van der Waals surface area contributed by atoms with E-state index in [0.29, 0.717) is 5.69 Å². The average molecular weight is 325 g/mol. The maximum Gasteiger partial charge on any atom is 0.274 e. The molecule has 1 atom stereocenters. The molecule has 1 fully saturated rings. The van der Waals surface area contributed by atoms with Gasteiger partial charge in [-0.3, -0.25) is 9.78 Å². The summed E-state index contributed by atoms with van der Waals surface area (Å²) in [4.78, 5) is 27.4. The topological polar surface area (TPSA) is 71.0 Å². The molecule has 126 valence electrons. The van der Waals surface area contributed by atoms with Crippen LogP contribution in [0.15, 0.2) is 36.8 Å². The maximum atomic E-state index is 12.7. The Bertz CT molecular complexity index is 676. The van der Waals surface area contributed by atoms with Crippen molar-refractivity contribution in [2.24, 2.45) is 0 Å². The molecule has 24 heavy (non-hydrogen) atoms. The first kappa shape index (κ1) is 16.4. The zero-order chi connectivity index (χ0) is 16.8. The van der Waals surface area contributed by atoms with Crippen molar-refractivity contribution >= 4 is 11.7 Å². The lowest BCUT2D eigenvalue weighted by molar-refractivity contribution is 0.0595. The average Bonchev–Trinajstić information content (AvgIpc) is 2.67. The second-order valence-electron chi connectivity index (χ2n) is 6.04. The molecule has 1 saturated heterocycles. The lowest BCUT2D eigenvalue weighted by Crippen LogP contribution is -2.44. The van der Waals surface area contributed by atoms with Gasteiger partial charge in [0, 0.05) is 37.7 Å². The number of rotatable bonds is 5. The van der Waals surface area contributed by atoms with Crippen LogP contribution in [0.1, 0.15) is 41.9 Å². The van der Waals surface area contributed by atoms with Crippen LogP contribution >= 0.6 is 0 Å². The molecule has 1 N–H and O–H groups in total. The number of piperidine rings is 1. The molecule has 0 unspecified atom stereocenters. The molecule has 0 aliphatic carbocycles. The van der Waals surface area contributed by atoms with Crippen LogP contribution in [0.5, 0.6) is 0 Å². The number of aryl methyl sites for hydroxylation is 1. The number of aromatic nitrogens is 3. The Balaban J connectivity index is 1.67. The molecule has 0 aromatic carbocycles. The largest absolute Gasteiger partial charge is 0.373 e. The fourth-order valence-corrected chi connectivity index (χ4v) is 3.20. The molecule has 3 heterocycles. The van der Waals surface area contributed by atoms with E-state index in [2.05, 4.69) is 20.3 Å². The van der Waals surface area contributed by atoms with Gasteiger partial charge in [-0.2, -0.15) is 0 Å². The summed E-state index contributed by atoms with van der Waals surface area (Å²) in [7, 11) is 1.87. The Labute approximate surface area is 142 Å². The van der Waals surface area contributed by atoms with Gasteiger partial charge in [-0.05, 0) is 44.2 Å². The van der Waals surface area contributed by atoms with Crippen LogP contribution in [0, 0.1) is 0 Å². The molecule has 0 saturated carbocycles. The van der Waals surface area contributed by atoms with Crippen LogP contribution in [0.3, 0.4) is 0 Å². The third kappa shape index (κ3) is 3.88. The van der Waals surface area contributed by atoms with Crippen molar-refractivity contribution in [3.8, 4) is 0 Å². The molecule has 1 aliphatic rings. The van der Waals surface area contributed by atoms with Crippen LogP contribution in [0.4, 0.5) is 5.82 Å². The Morgan fingerprint density at radius 3 is 3.04 bits per heavy atom. The summed E-state index contributed by atoms with van der Waals surface area (Å²) in [6.45, 7) is 0.796. The molecule has 2 aromatic heterocycles. The van der Waals surface area contributed by atoms with Gasteiger partial charge in [-0.1, -0.05) is 6.07 Å².